The highest BCUT2D eigenvalue weighted by Crippen LogP contribution is 2.19. The van der Waals surface area contributed by atoms with Gasteiger partial charge in [-0.05, 0) is 55.3 Å². The molecule has 0 bridgehead atoms. The lowest BCUT2D eigenvalue weighted by Gasteiger charge is -2.10. The minimum atomic E-state index is -0.192. The van der Waals surface area contributed by atoms with Crippen molar-refractivity contribution in [2.75, 3.05) is 5.32 Å². The summed E-state index contributed by atoms with van der Waals surface area (Å²) in [4.78, 5) is 16.4. The Morgan fingerprint density at radius 3 is 2.58 bits per heavy atom. The molecule has 2 aromatic heterocycles. The third-order valence-electron chi connectivity index (χ3n) is 3.51. The lowest BCUT2D eigenvalue weighted by atomic mass is 10.1. The van der Waals surface area contributed by atoms with Crippen LogP contribution in [0.2, 0.25) is 0 Å². The quantitative estimate of drug-likeness (QED) is 0.746. The van der Waals surface area contributed by atoms with Crippen LogP contribution >= 0.6 is 0 Å². The van der Waals surface area contributed by atoms with Crippen LogP contribution in [0.5, 0.6) is 0 Å². The number of nitrogens with zero attached hydrogens (tertiary/aromatic N) is 1. The van der Waals surface area contributed by atoms with Crippen molar-refractivity contribution >= 4 is 17.3 Å². The fraction of sp³-hybridized carbons (Fsp3) is 0.158. The zero-order valence-electron chi connectivity index (χ0n) is 13.7. The van der Waals surface area contributed by atoms with Gasteiger partial charge in [0.2, 0.25) is 0 Å². The van der Waals surface area contributed by atoms with Crippen LogP contribution in [0.4, 0.5) is 11.4 Å². The van der Waals surface area contributed by atoms with E-state index in [0.717, 1.165) is 11.4 Å². The van der Waals surface area contributed by atoms with Gasteiger partial charge in [0, 0.05) is 11.9 Å². The van der Waals surface area contributed by atoms with Crippen LogP contribution in [-0.4, -0.2) is 10.9 Å². The molecule has 0 aliphatic heterocycles. The van der Waals surface area contributed by atoms with Gasteiger partial charge in [0.25, 0.3) is 5.91 Å². The van der Waals surface area contributed by atoms with Crippen molar-refractivity contribution in [3.63, 3.8) is 0 Å². The molecule has 0 saturated heterocycles. The van der Waals surface area contributed by atoms with Gasteiger partial charge in [-0.1, -0.05) is 6.07 Å². The minimum Gasteiger partial charge on any atom is -0.467 e. The molecule has 0 radical (unpaired) electrons. The van der Waals surface area contributed by atoms with Gasteiger partial charge in [0.05, 0.1) is 30.3 Å². The Labute approximate surface area is 140 Å². The Morgan fingerprint density at radius 1 is 1.08 bits per heavy atom. The number of benzene rings is 1. The number of pyridine rings is 1. The van der Waals surface area contributed by atoms with Gasteiger partial charge in [-0.2, -0.15) is 0 Å². The van der Waals surface area contributed by atoms with Crippen molar-refractivity contribution in [2.45, 2.75) is 20.4 Å². The average molecular weight is 321 g/mol. The number of rotatable bonds is 5. The fourth-order valence-corrected chi connectivity index (χ4v) is 2.53. The SMILES string of the molecule is Cc1cc(C)cc(Nc2cncc(C(=O)NCc3ccco3)c2)c1. The molecule has 5 nitrogen and oxygen atoms in total. The molecule has 1 aromatic carbocycles. The number of hydrogen-bond donors (Lipinski definition) is 2. The second kappa shape index (κ2) is 7.00. The Kier molecular flexibility index (Phi) is 4.61. The third-order valence-corrected chi connectivity index (χ3v) is 3.51. The Hall–Kier alpha value is -3.08. The van der Waals surface area contributed by atoms with Crippen molar-refractivity contribution in [1.82, 2.24) is 10.3 Å². The van der Waals surface area contributed by atoms with E-state index < -0.39 is 0 Å². The topological polar surface area (TPSA) is 67.2 Å². The Balaban J connectivity index is 1.70. The van der Waals surface area contributed by atoms with Gasteiger partial charge in [-0.3, -0.25) is 9.78 Å². The second-order valence-electron chi connectivity index (χ2n) is 5.73. The van der Waals surface area contributed by atoms with E-state index in [4.69, 9.17) is 4.42 Å². The third kappa shape index (κ3) is 4.01. The maximum Gasteiger partial charge on any atom is 0.253 e. The Bertz CT molecular complexity index is 821. The zero-order chi connectivity index (χ0) is 16.9. The number of nitrogens with one attached hydrogen (secondary N) is 2. The van der Waals surface area contributed by atoms with Gasteiger partial charge in [-0.25, -0.2) is 0 Å². The highest BCUT2D eigenvalue weighted by molar-refractivity contribution is 5.94. The number of aromatic nitrogens is 1. The number of amides is 1. The number of furan rings is 1. The summed E-state index contributed by atoms with van der Waals surface area (Å²) in [5.74, 6) is 0.517. The molecule has 2 heterocycles. The first kappa shape index (κ1) is 15.8. The van der Waals surface area contributed by atoms with Crippen LogP contribution in [0.1, 0.15) is 27.2 Å². The van der Waals surface area contributed by atoms with Crippen molar-refractivity contribution < 1.29 is 9.21 Å². The van der Waals surface area contributed by atoms with Gasteiger partial charge >= 0.3 is 0 Å². The highest BCUT2D eigenvalue weighted by atomic mass is 16.3. The molecule has 122 valence electrons. The summed E-state index contributed by atoms with van der Waals surface area (Å²) in [7, 11) is 0. The fourth-order valence-electron chi connectivity index (χ4n) is 2.53. The maximum absolute atomic E-state index is 12.2. The minimum absolute atomic E-state index is 0.192. The van der Waals surface area contributed by atoms with Crippen molar-refractivity contribution in [1.29, 1.82) is 0 Å². The van der Waals surface area contributed by atoms with E-state index in [0.29, 0.717) is 17.9 Å². The van der Waals surface area contributed by atoms with Crippen molar-refractivity contribution in [2.24, 2.45) is 0 Å². The predicted molar refractivity (Wildman–Crippen MR) is 93.3 cm³/mol. The van der Waals surface area contributed by atoms with Crippen LogP contribution in [-0.2, 0) is 6.54 Å². The van der Waals surface area contributed by atoms with Gasteiger partial charge in [-0.15, -0.1) is 0 Å². The normalized spacial score (nSPS) is 10.4. The van der Waals surface area contributed by atoms with E-state index in [1.165, 1.54) is 11.1 Å². The smallest absolute Gasteiger partial charge is 0.253 e. The number of hydrogen-bond acceptors (Lipinski definition) is 4. The van der Waals surface area contributed by atoms with Crippen molar-refractivity contribution in [3.8, 4) is 0 Å². The lowest BCUT2D eigenvalue weighted by Crippen LogP contribution is -2.22. The van der Waals surface area contributed by atoms with Gasteiger partial charge in [0.15, 0.2) is 0 Å². The monoisotopic (exact) mass is 321 g/mol. The molecule has 0 fully saturated rings. The summed E-state index contributed by atoms with van der Waals surface area (Å²) >= 11 is 0. The predicted octanol–water partition coefficient (Wildman–Crippen LogP) is 3.97. The summed E-state index contributed by atoms with van der Waals surface area (Å²) in [5, 5.41) is 6.10. The average Bonchev–Trinajstić information content (AvgIpc) is 3.05. The molecular weight excluding hydrogens is 302 g/mol. The Morgan fingerprint density at radius 2 is 1.88 bits per heavy atom. The molecule has 0 saturated carbocycles. The van der Waals surface area contributed by atoms with Crippen LogP contribution in [0.3, 0.4) is 0 Å². The molecule has 0 aliphatic carbocycles. The number of carbonyl (C=O) groups is 1. The number of anilines is 2. The summed E-state index contributed by atoms with van der Waals surface area (Å²) in [6.07, 6.45) is 4.82. The first-order valence-corrected chi connectivity index (χ1v) is 7.71. The first-order chi connectivity index (χ1) is 11.6. The number of aryl methyl sites for hydroxylation is 2. The molecule has 2 N–H and O–H groups in total. The molecule has 24 heavy (non-hydrogen) atoms. The van der Waals surface area contributed by atoms with Crippen molar-refractivity contribution in [3.05, 3.63) is 77.5 Å². The summed E-state index contributed by atoms with van der Waals surface area (Å²) in [6.45, 7) is 4.45. The van der Waals surface area contributed by atoms with Gasteiger partial charge < -0.3 is 15.1 Å². The molecule has 0 aliphatic rings. The molecule has 0 spiro atoms. The zero-order valence-corrected chi connectivity index (χ0v) is 13.7. The first-order valence-electron chi connectivity index (χ1n) is 7.71. The molecule has 1 amide bonds. The van der Waals surface area contributed by atoms with Gasteiger partial charge in [0.1, 0.15) is 5.76 Å². The van der Waals surface area contributed by atoms with E-state index in [2.05, 4.69) is 47.7 Å². The lowest BCUT2D eigenvalue weighted by molar-refractivity contribution is 0.0947. The van der Waals surface area contributed by atoms with E-state index in [1.54, 1.807) is 30.8 Å². The maximum atomic E-state index is 12.2. The molecule has 3 aromatic rings. The van der Waals surface area contributed by atoms with Crippen LogP contribution in [0, 0.1) is 13.8 Å². The standard InChI is InChI=1S/C19H19N3O2/c1-13-6-14(2)8-16(7-13)22-17-9-15(10-20-11-17)19(23)21-12-18-4-3-5-24-18/h3-11,22H,12H2,1-2H3,(H,21,23). The van der Waals surface area contributed by atoms with Crippen LogP contribution in [0.25, 0.3) is 0 Å². The van der Waals surface area contributed by atoms with Crippen LogP contribution in [0.15, 0.2) is 59.5 Å². The highest BCUT2D eigenvalue weighted by Gasteiger charge is 2.08. The van der Waals surface area contributed by atoms with E-state index >= 15 is 0 Å². The summed E-state index contributed by atoms with van der Waals surface area (Å²) in [6, 6.07) is 11.6. The summed E-state index contributed by atoms with van der Waals surface area (Å²) < 4.78 is 5.20. The number of carbonyl (C=O) groups excluding carboxylic acids is 1. The van der Waals surface area contributed by atoms with E-state index in [1.807, 2.05) is 6.07 Å². The summed E-state index contributed by atoms with van der Waals surface area (Å²) in [5.41, 5.74) is 4.60. The molecule has 5 heteroatoms. The second-order valence-corrected chi connectivity index (χ2v) is 5.73. The molecular formula is C19H19N3O2. The molecule has 3 rings (SSSR count). The molecule has 0 atom stereocenters. The van der Waals surface area contributed by atoms with E-state index in [-0.39, 0.29) is 5.91 Å². The molecule has 0 unspecified atom stereocenters. The largest absolute Gasteiger partial charge is 0.467 e. The van der Waals surface area contributed by atoms with Crippen LogP contribution < -0.4 is 10.6 Å². The van der Waals surface area contributed by atoms with E-state index in [9.17, 15) is 4.79 Å².